The third-order valence-corrected chi connectivity index (χ3v) is 7.13. The largest absolute Gasteiger partial charge is 0.497 e. The Hall–Kier alpha value is -2.50. The number of rotatable bonds is 7. The zero-order valence-corrected chi connectivity index (χ0v) is 20.7. The number of methoxy groups -OCH3 is 1. The second kappa shape index (κ2) is 11.6. The lowest BCUT2D eigenvalue weighted by Crippen LogP contribution is -2.42. The van der Waals surface area contributed by atoms with Crippen LogP contribution >= 0.6 is 23.8 Å². The lowest BCUT2D eigenvalue weighted by Gasteiger charge is -2.34. The van der Waals surface area contributed by atoms with Crippen molar-refractivity contribution in [3.8, 4) is 5.75 Å². The molecule has 1 aliphatic rings. The minimum Gasteiger partial charge on any atom is -0.497 e. The summed E-state index contributed by atoms with van der Waals surface area (Å²) in [5.41, 5.74) is 3.33. The van der Waals surface area contributed by atoms with Gasteiger partial charge in [0.05, 0.1) is 13.7 Å². The van der Waals surface area contributed by atoms with Gasteiger partial charge in [-0.05, 0) is 73.1 Å². The lowest BCUT2D eigenvalue weighted by molar-refractivity contribution is 0.274. The number of aromatic nitrogens is 1. The minimum atomic E-state index is 0.439. The number of thiocarbonyl (C=S) groups is 1. The second-order valence-electron chi connectivity index (χ2n) is 8.65. The van der Waals surface area contributed by atoms with Crippen LogP contribution in [0.3, 0.4) is 0 Å². The molecule has 4 rings (SSSR count). The predicted octanol–water partition coefficient (Wildman–Crippen LogP) is 7.12. The summed E-state index contributed by atoms with van der Waals surface area (Å²) in [6.07, 6.45) is 9.62. The van der Waals surface area contributed by atoms with Gasteiger partial charge >= 0.3 is 0 Å². The number of ether oxygens (including phenoxy) is 1. The highest BCUT2D eigenvalue weighted by Crippen LogP contribution is 2.26. The molecule has 0 unspecified atom stereocenters. The average Bonchev–Trinajstić information content (AvgIpc) is 3.09. The summed E-state index contributed by atoms with van der Waals surface area (Å²) in [5.74, 6) is 0.837. The van der Waals surface area contributed by atoms with E-state index >= 15 is 0 Å². The molecule has 1 heterocycles. The molecule has 0 spiro atoms. The van der Waals surface area contributed by atoms with E-state index in [1.54, 1.807) is 7.11 Å². The van der Waals surface area contributed by atoms with Crippen LogP contribution in [0.25, 0.3) is 0 Å². The number of benzene rings is 2. The van der Waals surface area contributed by atoms with Crippen LogP contribution in [0.4, 0.5) is 5.69 Å². The van der Waals surface area contributed by atoms with Gasteiger partial charge in [-0.3, -0.25) is 0 Å². The third kappa shape index (κ3) is 6.30. The van der Waals surface area contributed by atoms with Crippen molar-refractivity contribution in [3.63, 3.8) is 0 Å². The molecule has 1 N–H and O–H groups in total. The first-order chi connectivity index (χ1) is 16.1. The number of nitrogens with zero attached hydrogens (tertiary/aromatic N) is 2. The average molecular weight is 482 g/mol. The molecule has 0 bridgehead atoms. The van der Waals surface area contributed by atoms with Crippen molar-refractivity contribution in [2.75, 3.05) is 12.4 Å². The summed E-state index contributed by atoms with van der Waals surface area (Å²) in [6, 6.07) is 20.7. The molecule has 2 aromatic carbocycles. The summed E-state index contributed by atoms with van der Waals surface area (Å²) in [4.78, 5) is 2.39. The van der Waals surface area contributed by atoms with Gasteiger partial charge in [0, 0.05) is 35.2 Å². The van der Waals surface area contributed by atoms with E-state index in [9.17, 15) is 0 Å². The third-order valence-electron chi connectivity index (χ3n) is 6.42. The highest BCUT2D eigenvalue weighted by Gasteiger charge is 2.24. The fourth-order valence-corrected chi connectivity index (χ4v) is 5.06. The van der Waals surface area contributed by atoms with Gasteiger partial charge in [-0.2, -0.15) is 0 Å². The second-order valence-corrected chi connectivity index (χ2v) is 9.44. The molecule has 1 saturated carbocycles. The maximum atomic E-state index is 6.44. The Morgan fingerprint density at radius 3 is 2.45 bits per heavy atom. The van der Waals surface area contributed by atoms with Gasteiger partial charge in [0.2, 0.25) is 0 Å². The number of hydrogen-bond acceptors (Lipinski definition) is 2. The topological polar surface area (TPSA) is 29.4 Å². The van der Waals surface area contributed by atoms with Crippen molar-refractivity contribution < 1.29 is 4.74 Å². The Kier molecular flexibility index (Phi) is 8.30. The zero-order chi connectivity index (χ0) is 23.0. The van der Waals surface area contributed by atoms with Gasteiger partial charge in [0.15, 0.2) is 5.11 Å². The van der Waals surface area contributed by atoms with E-state index in [0.717, 1.165) is 40.2 Å². The molecular weight excluding hydrogens is 450 g/mol. The summed E-state index contributed by atoms with van der Waals surface area (Å²) < 4.78 is 7.57. The van der Waals surface area contributed by atoms with Crippen LogP contribution < -0.4 is 10.1 Å². The van der Waals surface area contributed by atoms with Gasteiger partial charge in [-0.1, -0.05) is 55.5 Å². The van der Waals surface area contributed by atoms with Crippen molar-refractivity contribution in [1.29, 1.82) is 0 Å². The van der Waals surface area contributed by atoms with Crippen molar-refractivity contribution >= 4 is 34.6 Å². The number of halogens is 1. The van der Waals surface area contributed by atoms with Gasteiger partial charge in [-0.25, -0.2) is 0 Å². The van der Waals surface area contributed by atoms with Crippen molar-refractivity contribution in [1.82, 2.24) is 9.47 Å². The molecular formula is C27H32ClN3OS. The number of anilines is 1. The standard InChI is InChI=1S/C27H32ClN3OS/c1-32-25-16-14-22(15-17-25)29-27(33)31(23-10-4-2-3-5-11-23)20-24-12-8-18-30(24)19-21-9-6-7-13-26(21)28/h6-9,12-18,23H,2-5,10-11,19-20H2,1H3,(H,29,33). The molecule has 0 aliphatic heterocycles. The van der Waals surface area contributed by atoms with Crippen LogP contribution in [0.5, 0.6) is 5.75 Å². The molecule has 0 radical (unpaired) electrons. The normalized spacial score (nSPS) is 14.5. The molecule has 1 fully saturated rings. The Morgan fingerprint density at radius 2 is 1.76 bits per heavy atom. The Bertz CT molecular complexity index is 1040. The van der Waals surface area contributed by atoms with E-state index in [2.05, 4.69) is 39.2 Å². The molecule has 4 nitrogen and oxygen atoms in total. The Morgan fingerprint density at radius 1 is 1.03 bits per heavy atom. The molecule has 33 heavy (non-hydrogen) atoms. The monoisotopic (exact) mass is 481 g/mol. The van der Waals surface area contributed by atoms with Crippen LogP contribution in [-0.4, -0.2) is 27.7 Å². The number of nitrogens with one attached hydrogen (secondary N) is 1. The van der Waals surface area contributed by atoms with Gasteiger partial charge < -0.3 is 19.5 Å². The van der Waals surface area contributed by atoms with Crippen molar-refractivity contribution in [2.45, 2.75) is 57.7 Å². The van der Waals surface area contributed by atoms with E-state index in [0.29, 0.717) is 6.04 Å². The molecule has 0 saturated heterocycles. The summed E-state index contributed by atoms with van der Waals surface area (Å²) in [6.45, 7) is 1.52. The number of hydrogen-bond donors (Lipinski definition) is 1. The van der Waals surface area contributed by atoms with Crippen LogP contribution in [-0.2, 0) is 13.1 Å². The first-order valence-corrected chi connectivity index (χ1v) is 12.5. The van der Waals surface area contributed by atoms with Crippen molar-refractivity contribution in [2.24, 2.45) is 0 Å². The van der Waals surface area contributed by atoms with E-state index in [1.165, 1.54) is 44.2 Å². The van der Waals surface area contributed by atoms with Crippen LogP contribution in [0.15, 0.2) is 66.9 Å². The zero-order valence-electron chi connectivity index (χ0n) is 19.2. The van der Waals surface area contributed by atoms with Crippen LogP contribution in [0.2, 0.25) is 5.02 Å². The van der Waals surface area contributed by atoms with Crippen LogP contribution in [0.1, 0.15) is 49.8 Å². The predicted molar refractivity (Wildman–Crippen MR) is 141 cm³/mol. The van der Waals surface area contributed by atoms with Crippen molar-refractivity contribution in [3.05, 3.63) is 83.1 Å². The van der Waals surface area contributed by atoms with E-state index in [1.807, 2.05) is 42.5 Å². The van der Waals surface area contributed by atoms with E-state index in [-0.39, 0.29) is 0 Å². The van der Waals surface area contributed by atoms with Gasteiger partial charge in [-0.15, -0.1) is 0 Å². The fraction of sp³-hybridized carbons (Fsp3) is 0.370. The molecule has 3 aromatic rings. The Balaban J connectivity index is 1.54. The molecule has 174 valence electrons. The first-order valence-electron chi connectivity index (χ1n) is 11.7. The molecule has 6 heteroatoms. The quantitative estimate of drug-likeness (QED) is 0.287. The highest BCUT2D eigenvalue weighted by atomic mass is 35.5. The summed E-state index contributed by atoms with van der Waals surface area (Å²) >= 11 is 12.4. The summed E-state index contributed by atoms with van der Waals surface area (Å²) in [5, 5.41) is 5.05. The first kappa shape index (κ1) is 23.7. The fourth-order valence-electron chi connectivity index (χ4n) is 4.54. The van der Waals surface area contributed by atoms with Gasteiger partial charge in [0.1, 0.15) is 5.75 Å². The van der Waals surface area contributed by atoms with Crippen LogP contribution in [0, 0.1) is 0 Å². The molecule has 0 amide bonds. The molecule has 1 aliphatic carbocycles. The summed E-state index contributed by atoms with van der Waals surface area (Å²) in [7, 11) is 1.68. The minimum absolute atomic E-state index is 0.439. The van der Waals surface area contributed by atoms with Gasteiger partial charge in [0.25, 0.3) is 0 Å². The molecule has 0 atom stereocenters. The SMILES string of the molecule is COc1ccc(NC(=S)N(Cc2cccn2Cc2ccccc2Cl)C2CCCCCC2)cc1. The lowest BCUT2D eigenvalue weighted by atomic mass is 10.1. The van der Waals surface area contributed by atoms with E-state index in [4.69, 9.17) is 28.6 Å². The highest BCUT2D eigenvalue weighted by molar-refractivity contribution is 7.80. The maximum absolute atomic E-state index is 6.44. The van der Waals surface area contributed by atoms with E-state index < -0.39 is 0 Å². The maximum Gasteiger partial charge on any atom is 0.174 e. The molecule has 1 aromatic heterocycles. The Labute approximate surface area is 207 Å². The smallest absolute Gasteiger partial charge is 0.174 e.